The third-order valence-corrected chi connectivity index (χ3v) is 7.39. The van der Waals surface area contributed by atoms with E-state index in [1.807, 2.05) is 23.1 Å². The second kappa shape index (κ2) is 12.2. The van der Waals surface area contributed by atoms with Gasteiger partial charge in [-0.15, -0.1) is 9.24 Å². The number of aliphatic hydroxyl groups excluding tert-OH is 1. The van der Waals surface area contributed by atoms with Crippen LogP contribution >= 0.6 is 9.24 Å². The molecule has 0 bridgehead atoms. The van der Waals surface area contributed by atoms with Crippen molar-refractivity contribution in [3.63, 3.8) is 0 Å². The van der Waals surface area contributed by atoms with Gasteiger partial charge in [0, 0.05) is 51.4 Å². The van der Waals surface area contributed by atoms with Gasteiger partial charge >= 0.3 is 0 Å². The number of rotatable bonds is 9. The van der Waals surface area contributed by atoms with Crippen LogP contribution in [0.4, 0.5) is 5.82 Å². The predicted octanol–water partition coefficient (Wildman–Crippen LogP) is 3.86. The third-order valence-electron chi connectivity index (χ3n) is 6.72. The Labute approximate surface area is 194 Å². The van der Waals surface area contributed by atoms with Crippen LogP contribution in [0.2, 0.25) is 0 Å². The van der Waals surface area contributed by atoms with Gasteiger partial charge in [0.15, 0.2) is 0 Å². The molecule has 2 heterocycles. The van der Waals surface area contributed by atoms with Crippen molar-refractivity contribution in [3.8, 4) is 0 Å². The van der Waals surface area contributed by atoms with E-state index in [0.29, 0.717) is 6.54 Å². The summed E-state index contributed by atoms with van der Waals surface area (Å²) >= 11 is 0. The van der Waals surface area contributed by atoms with Crippen molar-refractivity contribution in [2.45, 2.75) is 25.7 Å². The molecule has 1 amide bonds. The number of hydrogen-bond donors (Lipinski definition) is 1. The molecule has 1 aromatic heterocycles. The van der Waals surface area contributed by atoms with Crippen molar-refractivity contribution >= 4 is 21.0 Å². The number of pyridine rings is 1. The maximum absolute atomic E-state index is 13.5. The van der Waals surface area contributed by atoms with Gasteiger partial charge in [-0.1, -0.05) is 19.2 Å². The van der Waals surface area contributed by atoms with Crippen LogP contribution in [0.3, 0.4) is 0 Å². The minimum atomic E-state index is 0.101. The van der Waals surface area contributed by atoms with Gasteiger partial charge in [0.2, 0.25) is 5.91 Å². The zero-order valence-electron chi connectivity index (χ0n) is 19.0. The fourth-order valence-electron chi connectivity index (χ4n) is 4.67. The quantitative estimate of drug-likeness (QED) is 0.347. The highest BCUT2D eigenvalue weighted by atomic mass is 31.0. The Morgan fingerprint density at radius 1 is 1.16 bits per heavy atom. The summed E-state index contributed by atoms with van der Waals surface area (Å²) in [5, 5.41) is 10.0. The molecule has 1 atom stereocenters. The van der Waals surface area contributed by atoms with Crippen LogP contribution in [-0.2, 0) is 4.79 Å². The van der Waals surface area contributed by atoms with E-state index >= 15 is 0 Å². The Balaban J connectivity index is 1.60. The van der Waals surface area contributed by atoms with Gasteiger partial charge in [-0.25, -0.2) is 4.98 Å². The zero-order valence-corrected chi connectivity index (χ0v) is 20.2. The summed E-state index contributed by atoms with van der Waals surface area (Å²) in [6.45, 7) is 12.2. The fraction of sp³-hybridized carbons (Fsp3) is 0.520. The van der Waals surface area contributed by atoms with E-state index in [4.69, 9.17) is 0 Å². The van der Waals surface area contributed by atoms with Gasteiger partial charge in [0.25, 0.3) is 0 Å². The molecule has 2 fully saturated rings. The molecule has 0 radical (unpaired) electrons. The van der Waals surface area contributed by atoms with Gasteiger partial charge in [-0.3, -0.25) is 14.6 Å². The largest absolute Gasteiger partial charge is 0.506 e. The molecule has 6 nitrogen and oxygen atoms in total. The number of piperazine rings is 1. The van der Waals surface area contributed by atoms with E-state index < -0.39 is 0 Å². The van der Waals surface area contributed by atoms with Crippen molar-refractivity contribution < 1.29 is 9.90 Å². The van der Waals surface area contributed by atoms with Crippen LogP contribution in [-0.4, -0.2) is 71.2 Å². The van der Waals surface area contributed by atoms with Crippen molar-refractivity contribution in [1.82, 2.24) is 14.8 Å². The highest BCUT2D eigenvalue weighted by Crippen LogP contribution is 2.32. The smallest absolute Gasteiger partial charge is 0.231 e. The summed E-state index contributed by atoms with van der Waals surface area (Å²) in [5.41, 5.74) is 0.728. The van der Waals surface area contributed by atoms with Crippen LogP contribution in [0, 0.1) is 11.8 Å². The summed E-state index contributed by atoms with van der Waals surface area (Å²) in [7, 11) is 2.85. The van der Waals surface area contributed by atoms with Gasteiger partial charge in [0.05, 0.1) is 5.70 Å². The van der Waals surface area contributed by atoms with Gasteiger partial charge in [0.1, 0.15) is 11.6 Å². The molecule has 1 saturated carbocycles. The molecular formula is C25H37N4O2P. The lowest BCUT2D eigenvalue weighted by molar-refractivity contribution is -0.123. The first-order valence-corrected chi connectivity index (χ1v) is 12.5. The minimum Gasteiger partial charge on any atom is -0.506 e. The second-order valence-corrected chi connectivity index (χ2v) is 9.11. The molecule has 1 N–H and O–H groups in total. The van der Waals surface area contributed by atoms with Crippen LogP contribution in [0.25, 0.3) is 0 Å². The normalized spacial score (nSPS) is 22.7. The molecular weight excluding hydrogens is 419 g/mol. The third kappa shape index (κ3) is 6.20. The lowest BCUT2D eigenvalue weighted by Crippen LogP contribution is -2.49. The molecule has 3 rings (SSSR count). The molecule has 32 heavy (non-hydrogen) atoms. The maximum Gasteiger partial charge on any atom is 0.231 e. The van der Waals surface area contributed by atoms with Crippen molar-refractivity contribution in [2.75, 3.05) is 50.3 Å². The molecule has 174 valence electrons. The predicted molar refractivity (Wildman–Crippen MR) is 135 cm³/mol. The van der Waals surface area contributed by atoms with Crippen molar-refractivity contribution in [2.24, 2.45) is 11.8 Å². The highest BCUT2D eigenvalue weighted by molar-refractivity contribution is 7.16. The summed E-state index contributed by atoms with van der Waals surface area (Å²) in [6.07, 6.45) is 10.2. The Bertz CT molecular complexity index is 797. The van der Waals surface area contributed by atoms with E-state index in [2.05, 4.69) is 37.2 Å². The minimum absolute atomic E-state index is 0.101. The summed E-state index contributed by atoms with van der Waals surface area (Å²) in [4.78, 5) is 24.3. The van der Waals surface area contributed by atoms with E-state index in [-0.39, 0.29) is 17.6 Å². The number of aromatic nitrogens is 1. The number of hydrogen-bond acceptors (Lipinski definition) is 5. The molecule has 1 unspecified atom stereocenters. The number of aliphatic hydroxyl groups is 1. The maximum atomic E-state index is 13.5. The molecule has 1 saturated heterocycles. The van der Waals surface area contributed by atoms with E-state index in [1.54, 1.807) is 12.3 Å². The first-order chi connectivity index (χ1) is 15.6. The highest BCUT2D eigenvalue weighted by Gasteiger charge is 2.30. The fourth-order valence-corrected chi connectivity index (χ4v) is 5.14. The molecule has 7 heteroatoms. The zero-order chi connectivity index (χ0) is 22.9. The first-order valence-electron chi connectivity index (χ1n) is 11.6. The van der Waals surface area contributed by atoms with Crippen LogP contribution in [0.5, 0.6) is 0 Å². The molecule has 1 aliphatic heterocycles. The number of amides is 1. The van der Waals surface area contributed by atoms with Crippen LogP contribution < -0.4 is 4.90 Å². The summed E-state index contributed by atoms with van der Waals surface area (Å²) < 4.78 is 0. The Morgan fingerprint density at radius 3 is 2.44 bits per heavy atom. The topological polar surface area (TPSA) is 59.9 Å². The SMILES string of the molecule is C=C/C(O)=C(\C=C)N1CCN(CCN(C(=O)C2CCC(CP)CC2)c2ccccn2)CC1. The summed E-state index contributed by atoms with van der Waals surface area (Å²) in [5.74, 6) is 1.97. The van der Waals surface area contributed by atoms with E-state index in [9.17, 15) is 9.90 Å². The molecule has 2 aliphatic rings. The average Bonchev–Trinajstić information content (AvgIpc) is 2.86. The number of carbonyl (C=O) groups is 1. The first kappa shape index (κ1) is 24.5. The second-order valence-electron chi connectivity index (χ2n) is 8.64. The number of nitrogens with zero attached hydrogens (tertiary/aromatic N) is 4. The van der Waals surface area contributed by atoms with Gasteiger partial charge in [-0.2, -0.15) is 0 Å². The Hall–Kier alpha value is -2.17. The average molecular weight is 457 g/mol. The lowest BCUT2D eigenvalue weighted by Gasteiger charge is -2.38. The molecule has 1 aliphatic carbocycles. The standard InChI is InChI=1S/C25H37N4O2P/c1-3-22(23(30)4-2)28-16-13-27(14-17-28)15-18-29(24-7-5-6-12-26-24)25(31)21-10-8-20(19-32)9-11-21/h3-7,12,20-21,30H,1-2,8-11,13-19,32H2/b23-22-. The Kier molecular flexibility index (Phi) is 9.31. The van der Waals surface area contributed by atoms with Crippen LogP contribution in [0.1, 0.15) is 25.7 Å². The lowest BCUT2D eigenvalue weighted by atomic mass is 9.82. The monoisotopic (exact) mass is 456 g/mol. The molecule has 1 aromatic rings. The summed E-state index contributed by atoms with van der Waals surface area (Å²) in [6, 6.07) is 5.77. The van der Waals surface area contributed by atoms with Gasteiger partial charge in [-0.05, 0) is 62.0 Å². The number of carbonyl (C=O) groups excluding carboxylic acids is 1. The van der Waals surface area contributed by atoms with Gasteiger partial charge < -0.3 is 10.0 Å². The Morgan fingerprint density at radius 2 is 1.88 bits per heavy atom. The van der Waals surface area contributed by atoms with E-state index in [0.717, 1.165) is 82.0 Å². The van der Waals surface area contributed by atoms with E-state index in [1.165, 1.54) is 6.08 Å². The number of anilines is 1. The van der Waals surface area contributed by atoms with Crippen molar-refractivity contribution in [1.29, 1.82) is 0 Å². The van der Waals surface area contributed by atoms with Crippen molar-refractivity contribution in [3.05, 3.63) is 61.2 Å². The number of allylic oxidation sites excluding steroid dienone is 2. The molecule has 0 aromatic carbocycles. The van der Waals surface area contributed by atoms with Crippen LogP contribution in [0.15, 0.2) is 61.2 Å². The molecule has 0 spiro atoms.